The predicted molar refractivity (Wildman–Crippen MR) is 80.2 cm³/mol. The molecule has 1 aromatic rings. The first-order chi connectivity index (χ1) is 9.20. The minimum atomic E-state index is 0.463. The Balaban J connectivity index is 1.95. The van der Waals surface area contributed by atoms with Crippen LogP contribution in [0.4, 0.5) is 0 Å². The van der Waals surface area contributed by atoms with E-state index in [1.165, 1.54) is 31.2 Å². The van der Waals surface area contributed by atoms with Gasteiger partial charge < -0.3 is 10.1 Å². The zero-order valence-electron chi connectivity index (χ0n) is 12.4. The smallest absolute Gasteiger partial charge is 0.0572 e. The quantitative estimate of drug-likeness (QED) is 0.867. The van der Waals surface area contributed by atoms with E-state index in [2.05, 4.69) is 49.5 Å². The Morgan fingerprint density at radius 3 is 2.21 bits per heavy atom. The maximum absolute atomic E-state index is 5.45. The van der Waals surface area contributed by atoms with Crippen molar-refractivity contribution in [3.05, 3.63) is 35.9 Å². The molecule has 1 aliphatic carbocycles. The van der Waals surface area contributed by atoms with Gasteiger partial charge in [0.2, 0.25) is 0 Å². The van der Waals surface area contributed by atoms with Crippen LogP contribution >= 0.6 is 0 Å². The second-order valence-electron chi connectivity index (χ2n) is 6.01. The Hall–Kier alpha value is -0.860. The molecule has 1 unspecified atom stereocenters. The molecule has 19 heavy (non-hydrogen) atoms. The number of ether oxygens (including phenoxy) is 1. The molecule has 1 N–H and O–H groups in total. The van der Waals surface area contributed by atoms with E-state index >= 15 is 0 Å². The summed E-state index contributed by atoms with van der Waals surface area (Å²) in [6.07, 6.45) is 5.32. The second-order valence-corrected chi connectivity index (χ2v) is 6.01. The highest BCUT2D eigenvalue weighted by atomic mass is 16.5. The van der Waals surface area contributed by atoms with Crippen LogP contribution < -0.4 is 5.32 Å². The summed E-state index contributed by atoms with van der Waals surface area (Å²) in [5, 5.41) is 3.86. The van der Waals surface area contributed by atoms with Crippen molar-refractivity contribution in [1.82, 2.24) is 5.32 Å². The van der Waals surface area contributed by atoms with E-state index in [1.54, 1.807) is 0 Å². The summed E-state index contributed by atoms with van der Waals surface area (Å²) in [4.78, 5) is 0. The monoisotopic (exact) mass is 261 g/mol. The molecule has 0 radical (unpaired) electrons. The van der Waals surface area contributed by atoms with Gasteiger partial charge in [0, 0.05) is 19.2 Å². The molecule has 0 aliphatic heterocycles. The van der Waals surface area contributed by atoms with Crippen LogP contribution in [0.25, 0.3) is 0 Å². The Morgan fingerprint density at radius 2 is 1.68 bits per heavy atom. The SMILES string of the molecule is COC1CCC(NC(c2ccccc2)C(C)C)CC1. The maximum Gasteiger partial charge on any atom is 0.0572 e. The molecule has 0 heterocycles. The molecule has 2 rings (SSSR count). The number of rotatable bonds is 5. The first kappa shape index (κ1) is 14.5. The molecule has 0 amide bonds. The first-order valence-electron chi connectivity index (χ1n) is 7.54. The Morgan fingerprint density at radius 1 is 1.05 bits per heavy atom. The van der Waals surface area contributed by atoms with Crippen LogP contribution in [-0.2, 0) is 4.74 Å². The van der Waals surface area contributed by atoms with E-state index < -0.39 is 0 Å². The van der Waals surface area contributed by atoms with Crippen LogP contribution in [0.3, 0.4) is 0 Å². The van der Waals surface area contributed by atoms with E-state index in [0.29, 0.717) is 24.1 Å². The normalized spacial score (nSPS) is 25.5. The largest absolute Gasteiger partial charge is 0.381 e. The number of methoxy groups -OCH3 is 1. The average molecular weight is 261 g/mol. The van der Waals surface area contributed by atoms with Crippen molar-refractivity contribution < 1.29 is 4.74 Å². The lowest BCUT2D eigenvalue weighted by atomic mass is 9.89. The number of hydrogen-bond donors (Lipinski definition) is 1. The molecule has 106 valence electrons. The molecule has 2 heteroatoms. The Bertz CT molecular complexity index is 355. The zero-order chi connectivity index (χ0) is 13.7. The summed E-state index contributed by atoms with van der Waals surface area (Å²) in [5.74, 6) is 0.613. The minimum absolute atomic E-state index is 0.463. The third-order valence-electron chi connectivity index (χ3n) is 4.25. The van der Waals surface area contributed by atoms with Crippen LogP contribution in [0.5, 0.6) is 0 Å². The fraction of sp³-hybridized carbons (Fsp3) is 0.647. The summed E-state index contributed by atoms with van der Waals surface area (Å²) in [7, 11) is 1.83. The van der Waals surface area contributed by atoms with Gasteiger partial charge in [-0.1, -0.05) is 44.2 Å². The molecule has 1 fully saturated rings. The van der Waals surface area contributed by atoms with Gasteiger partial charge in [0.15, 0.2) is 0 Å². The third kappa shape index (κ3) is 4.05. The highest BCUT2D eigenvalue weighted by Crippen LogP contribution is 2.27. The van der Waals surface area contributed by atoms with Crippen LogP contribution in [0.2, 0.25) is 0 Å². The number of nitrogens with one attached hydrogen (secondary N) is 1. The highest BCUT2D eigenvalue weighted by Gasteiger charge is 2.24. The first-order valence-corrected chi connectivity index (χ1v) is 7.54. The van der Waals surface area contributed by atoms with E-state index in [-0.39, 0.29) is 0 Å². The van der Waals surface area contributed by atoms with Crippen LogP contribution in [0.15, 0.2) is 30.3 Å². The summed E-state index contributed by atoms with van der Waals surface area (Å²) in [5.41, 5.74) is 1.41. The topological polar surface area (TPSA) is 21.3 Å². The van der Waals surface area contributed by atoms with Crippen molar-refractivity contribution in [2.24, 2.45) is 5.92 Å². The van der Waals surface area contributed by atoms with Gasteiger partial charge in [-0.3, -0.25) is 0 Å². The molecule has 1 saturated carbocycles. The molecule has 1 aliphatic rings. The van der Waals surface area contributed by atoms with Gasteiger partial charge in [0.05, 0.1) is 6.10 Å². The molecular formula is C17H27NO. The molecule has 1 atom stereocenters. The lowest BCUT2D eigenvalue weighted by molar-refractivity contribution is 0.0602. The lowest BCUT2D eigenvalue weighted by Crippen LogP contribution is -2.39. The fourth-order valence-corrected chi connectivity index (χ4v) is 3.05. The minimum Gasteiger partial charge on any atom is -0.381 e. The zero-order valence-corrected chi connectivity index (χ0v) is 12.4. The van der Waals surface area contributed by atoms with Crippen LogP contribution in [-0.4, -0.2) is 19.3 Å². The highest BCUT2D eigenvalue weighted by molar-refractivity contribution is 5.19. The van der Waals surface area contributed by atoms with E-state index in [9.17, 15) is 0 Å². The van der Waals surface area contributed by atoms with Crippen molar-refractivity contribution in [2.45, 2.75) is 57.7 Å². The fourth-order valence-electron chi connectivity index (χ4n) is 3.05. The Kier molecular flexibility index (Phi) is 5.41. The van der Waals surface area contributed by atoms with Crippen LogP contribution in [0, 0.1) is 5.92 Å². The van der Waals surface area contributed by atoms with Gasteiger partial charge in [-0.05, 0) is 37.2 Å². The standard InChI is InChI=1S/C17H27NO/c1-13(2)17(14-7-5-4-6-8-14)18-15-9-11-16(19-3)12-10-15/h4-8,13,15-18H,9-12H2,1-3H3. The van der Waals surface area contributed by atoms with Gasteiger partial charge in [-0.2, -0.15) is 0 Å². The molecule has 0 bridgehead atoms. The molecule has 0 spiro atoms. The van der Waals surface area contributed by atoms with Crippen molar-refractivity contribution in [1.29, 1.82) is 0 Å². The number of hydrogen-bond acceptors (Lipinski definition) is 2. The van der Waals surface area contributed by atoms with E-state index in [1.807, 2.05) is 7.11 Å². The summed E-state index contributed by atoms with van der Waals surface area (Å²) >= 11 is 0. The van der Waals surface area contributed by atoms with Gasteiger partial charge in [0.25, 0.3) is 0 Å². The van der Waals surface area contributed by atoms with E-state index in [4.69, 9.17) is 4.74 Å². The second kappa shape index (κ2) is 7.06. The van der Waals surface area contributed by atoms with Gasteiger partial charge in [0.1, 0.15) is 0 Å². The molecule has 0 saturated heterocycles. The Labute approximate surface area is 117 Å². The average Bonchev–Trinajstić information content (AvgIpc) is 2.46. The van der Waals surface area contributed by atoms with E-state index in [0.717, 1.165) is 0 Å². The van der Waals surface area contributed by atoms with Gasteiger partial charge in [-0.15, -0.1) is 0 Å². The van der Waals surface area contributed by atoms with Crippen LogP contribution in [0.1, 0.15) is 51.1 Å². The summed E-state index contributed by atoms with van der Waals surface area (Å²) in [6, 6.07) is 11.9. The molecular weight excluding hydrogens is 234 g/mol. The summed E-state index contributed by atoms with van der Waals surface area (Å²) in [6.45, 7) is 4.59. The van der Waals surface area contributed by atoms with Crippen molar-refractivity contribution in [3.63, 3.8) is 0 Å². The van der Waals surface area contributed by atoms with Crippen molar-refractivity contribution in [3.8, 4) is 0 Å². The lowest BCUT2D eigenvalue weighted by Gasteiger charge is -2.33. The third-order valence-corrected chi connectivity index (χ3v) is 4.25. The predicted octanol–water partition coefficient (Wildman–Crippen LogP) is 3.93. The molecule has 1 aromatic carbocycles. The van der Waals surface area contributed by atoms with Crippen molar-refractivity contribution >= 4 is 0 Å². The molecule has 0 aromatic heterocycles. The van der Waals surface area contributed by atoms with Gasteiger partial charge >= 0.3 is 0 Å². The summed E-state index contributed by atoms with van der Waals surface area (Å²) < 4.78 is 5.45. The van der Waals surface area contributed by atoms with Crippen molar-refractivity contribution in [2.75, 3.05) is 7.11 Å². The molecule has 2 nitrogen and oxygen atoms in total. The maximum atomic E-state index is 5.45. The number of benzene rings is 1. The van der Waals surface area contributed by atoms with Gasteiger partial charge in [-0.25, -0.2) is 0 Å².